The van der Waals surface area contributed by atoms with Crippen molar-refractivity contribution in [3.8, 4) is 0 Å². The maximum atomic E-state index is 12.5. The minimum absolute atomic E-state index is 0.112. The van der Waals surface area contributed by atoms with E-state index < -0.39 is 0 Å². The number of likely N-dealkylation sites (tertiary alicyclic amines) is 1. The highest BCUT2D eigenvalue weighted by Gasteiger charge is 2.29. The molecule has 0 bridgehead atoms. The second-order valence-electron chi connectivity index (χ2n) is 6.86. The lowest BCUT2D eigenvalue weighted by atomic mass is 9.97. The average molecular weight is 435 g/mol. The number of urea groups is 1. The van der Waals surface area contributed by atoms with Crippen LogP contribution in [0.3, 0.4) is 0 Å². The number of nitrogens with zero attached hydrogens (tertiary/aromatic N) is 3. The molecule has 0 radical (unpaired) electrons. The van der Waals surface area contributed by atoms with E-state index in [0.717, 1.165) is 23.0 Å². The van der Waals surface area contributed by atoms with Crippen LogP contribution in [0.25, 0.3) is 0 Å². The molecule has 27 heavy (non-hydrogen) atoms. The average Bonchev–Trinajstić information content (AvgIpc) is 3.02. The standard InChI is InChI=1S/C19H23BrN4O3/c1-12-16(18(25)23(2)3)22-17(27-12)13-7-9-24(10-8-13)19(26)21-15-6-4-5-14(20)11-15/h4-6,11,13H,7-10H2,1-3H3,(H,21,26). The second-order valence-corrected chi connectivity index (χ2v) is 7.77. The summed E-state index contributed by atoms with van der Waals surface area (Å²) < 4.78 is 6.66. The van der Waals surface area contributed by atoms with Crippen LogP contribution in [0.2, 0.25) is 0 Å². The number of benzene rings is 1. The largest absolute Gasteiger partial charge is 0.445 e. The van der Waals surface area contributed by atoms with Gasteiger partial charge >= 0.3 is 6.03 Å². The zero-order valence-electron chi connectivity index (χ0n) is 15.7. The molecular weight excluding hydrogens is 412 g/mol. The van der Waals surface area contributed by atoms with Gasteiger partial charge in [0.15, 0.2) is 11.6 Å². The molecule has 0 spiro atoms. The summed E-state index contributed by atoms with van der Waals surface area (Å²) in [7, 11) is 3.39. The van der Waals surface area contributed by atoms with Crippen molar-refractivity contribution in [1.82, 2.24) is 14.8 Å². The molecule has 0 unspecified atom stereocenters. The highest BCUT2D eigenvalue weighted by Crippen LogP contribution is 2.29. The van der Waals surface area contributed by atoms with Gasteiger partial charge in [-0.2, -0.15) is 0 Å². The SMILES string of the molecule is Cc1oc(C2CCN(C(=O)Nc3cccc(Br)c3)CC2)nc1C(=O)N(C)C. The van der Waals surface area contributed by atoms with E-state index >= 15 is 0 Å². The van der Waals surface area contributed by atoms with E-state index in [0.29, 0.717) is 30.4 Å². The number of carbonyl (C=O) groups is 2. The van der Waals surface area contributed by atoms with Gasteiger partial charge in [-0.05, 0) is 38.0 Å². The van der Waals surface area contributed by atoms with Crippen molar-refractivity contribution in [1.29, 1.82) is 0 Å². The van der Waals surface area contributed by atoms with Gasteiger partial charge in [-0.3, -0.25) is 4.79 Å². The number of piperidine rings is 1. The number of hydrogen-bond donors (Lipinski definition) is 1. The summed E-state index contributed by atoms with van der Waals surface area (Å²) in [4.78, 5) is 32.3. The number of nitrogens with one attached hydrogen (secondary N) is 1. The van der Waals surface area contributed by atoms with Gasteiger partial charge in [0.1, 0.15) is 5.76 Å². The molecule has 7 nitrogen and oxygen atoms in total. The fourth-order valence-corrected chi connectivity index (χ4v) is 3.50. The molecule has 0 saturated carbocycles. The molecule has 2 aromatic rings. The molecule has 3 rings (SSSR count). The Labute approximate surface area is 166 Å². The van der Waals surface area contributed by atoms with Gasteiger partial charge in [-0.1, -0.05) is 22.0 Å². The van der Waals surface area contributed by atoms with Crippen LogP contribution in [-0.2, 0) is 0 Å². The number of halogens is 1. The summed E-state index contributed by atoms with van der Waals surface area (Å²) in [6, 6.07) is 7.40. The molecule has 1 N–H and O–H groups in total. The van der Waals surface area contributed by atoms with Crippen molar-refractivity contribution < 1.29 is 14.0 Å². The highest BCUT2D eigenvalue weighted by molar-refractivity contribution is 9.10. The Morgan fingerprint density at radius 1 is 1.30 bits per heavy atom. The number of aromatic nitrogens is 1. The van der Waals surface area contributed by atoms with Crippen LogP contribution in [0.5, 0.6) is 0 Å². The predicted molar refractivity (Wildman–Crippen MR) is 106 cm³/mol. The molecule has 1 fully saturated rings. The number of amides is 3. The number of oxazole rings is 1. The van der Waals surface area contributed by atoms with E-state index in [1.54, 1.807) is 25.9 Å². The van der Waals surface area contributed by atoms with Crippen molar-refractivity contribution in [3.63, 3.8) is 0 Å². The fourth-order valence-electron chi connectivity index (χ4n) is 3.10. The lowest BCUT2D eigenvalue weighted by Crippen LogP contribution is -2.40. The van der Waals surface area contributed by atoms with E-state index in [2.05, 4.69) is 26.2 Å². The van der Waals surface area contributed by atoms with Crippen LogP contribution in [-0.4, -0.2) is 53.9 Å². The number of aryl methyl sites for hydroxylation is 1. The molecule has 1 aliphatic heterocycles. The maximum absolute atomic E-state index is 12.5. The van der Waals surface area contributed by atoms with Gasteiger partial charge in [-0.15, -0.1) is 0 Å². The molecule has 3 amide bonds. The Morgan fingerprint density at radius 3 is 2.63 bits per heavy atom. The summed E-state index contributed by atoms with van der Waals surface area (Å²) in [5.41, 5.74) is 1.12. The van der Waals surface area contributed by atoms with Crippen molar-refractivity contribution >= 4 is 33.6 Å². The summed E-state index contributed by atoms with van der Waals surface area (Å²) in [5, 5.41) is 2.92. The van der Waals surface area contributed by atoms with Gasteiger partial charge in [0.25, 0.3) is 5.91 Å². The summed E-state index contributed by atoms with van der Waals surface area (Å²) in [5.74, 6) is 1.08. The van der Waals surface area contributed by atoms with Gasteiger partial charge < -0.3 is 19.5 Å². The zero-order chi connectivity index (χ0) is 19.6. The lowest BCUT2D eigenvalue weighted by molar-refractivity contribution is 0.0821. The summed E-state index contributed by atoms with van der Waals surface area (Å²) in [6.45, 7) is 2.99. The third-order valence-electron chi connectivity index (χ3n) is 4.63. The number of hydrogen-bond acceptors (Lipinski definition) is 4. The van der Waals surface area contributed by atoms with Gasteiger partial charge in [0.2, 0.25) is 0 Å². The Hall–Kier alpha value is -2.35. The molecule has 144 valence electrons. The fraction of sp³-hybridized carbons (Fsp3) is 0.421. The summed E-state index contributed by atoms with van der Waals surface area (Å²) in [6.07, 6.45) is 1.50. The normalized spacial score (nSPS) is 14.9. The van der Waals surface area contributed by atoms with Crippen LogP contribution in [0.1, 0.15) is 40.9 Å². The quantitative estimate of drug-likeness (QED) is 0.794. The van der Waals surface area contributed by atoms with E-state index in [9.17, 15) is 9.59 Å². The maximum Gasteiger partial charge on any atom is 0.321 e. The minimum Gasteiger partial charge on any atom is -0.445 e. The molecule has 8 heteroatoms. The molecule has 1 saturated heterocycles. The Morgan fingerprint density at radius 2 is 2.00 bits per heavy atom. The van der Waals surface area contributed by atoms with Crippen LogP contribution >= 0.6 is 15.9 Å². The summed E-state index contributed by atoms with van der Waals surface area (Å²) >= 11 is 3.40. The van der Waals surface area contributed by atoms with Crippen LogP contribution < -0.4 is 5.32 Å². The molecule has 1 aromatic heterocycles. The van der Waals surface area contributed by atoms with E-state index in [1.807, 2.05) is 24.3 Å². The Balaban J connectivity index is 1.59. The minimum atomic E-state index is -0.159. The van der Waals surface area contributed by atoms with Crippen molar-refractivity contribution in [2.75, 3.05) is 32.5 Å². The number of carbonyl (C=O) groups excluding carboxylic acids is 2. The van der Waals surface area contributed by atoms with E-state index in [-0.39, 0.29) is 17.9 Å². The van der Waals surface area contributed by atoms with Gasteiger partial charge in [0.05, 0.1) is 0 Å². The van der Waals surface area contributed by atoms with Crippen molar-refractivity contribution in [3.05, 3.63) is 46.1 Å². The van der Waals surface area contributed by atoms with Crippen molar-refractivity contribution in [2.45, 2.75) is 25.7 Å². The highest BCUT2D eigenvalue weighted by atomic mass is 79.9. The number of anilines is 1. The second kappa shape index (κ2) is 8.12. The third-order valence-corrected chi connectivity index (χ3v) is 5.12. The van der Waals surface area contributed by atoms with E-state index in [4.69, 9.17) is 4.42 Å². The van der Waals surface area contributed by atoms with Crippen LogP contribution in [0.15, 0.2) is 33.2 Å². The monoisotopic (exact) mass is 434 g/mol. The van der Waals surface area contributed by atoms with Gasteiger partial charge in [-0.25, -0.2) is 9.78 Å². The first-order valence-corrected chi connectivity index (χ1v) is 9.65. The zero-order valence-corrected chi connectivity index (χ0v) is 17.2. The smallest absolute Gasteiger partial charge is 0.321 e. The molecule has 1 aromatic carbocycles. The molecular formula is C19H23BrN4O3. The third kappa shape index (κ3) is 4.50. The van der Waals surface area contributed by atoms with Crippen molar-refractivity contribution in [2.24, 2.45) is 0 Å². The first kappa shape index (κ1) is 19.4. The Kier molecular flexibility index (Phi) is 5.84. The number of rotatable bonds is 3. The first-order valence-electron chi connectivity index (χ1n) is 8.85. The lowest BCUT2D eigenvalue weighted by Gasteiger charge is -2.30. The van der Waals surface area contributed by atoms with Crippen LogP contribution in [0.4, 0.5) is 10.5 Å². The molecule has 0 atom stereocenters. The Bertz CT molecular complexity index is 841. The van der Waals surface area contributed by atoms with E-state index in [1.165, 1.54) is 4.90 Å². The topological polar surface area (TPSA) is 78.7 Å². The van der Waals surface area contributed by atoms with Crippen LogP contribution in [0, 0.1) is 6.92 Å². The van der Waals surface area contributed by atoms with Gasteiger partial charge in [0, 0.05) is 43.3 Å². The molecule has 1 aliphatic rings. The molecule has 0 aliphatic carbocycles. The molecule has 2 heterocycles. The first-order chi connectivity index (χ1) is 12.8. The predicted octanol–water partition coefficient (Wildman–Crippen LogP) is 3.86.